The number of aromatic nitrogens is 2. The number of unbranched alkanes of at least 4 members (excludes halogenated alkanes) is 2. The van der Waals surface area contributed by atoms with Crippen LogP contribution < -0.4 is 44.9 Å². The molecule has 0 radical (unpaired) electrons. The van der Waals surface area contributed by atoms with Crippen LogP contribution in [0.5, 0.6) is 0 Å². The van der Waals surface area contributed by atoms with Crippen molar-refractivity contribution in [1.29, 1.82) is 0 Å². The zero-order valence-electron chi connectivity index (χ0n) is 42.4. The van der Waals surface area contributed by atoms with Crippen LogP contribution in [-0.4, -0.2) is 103 Å². The molecule has 362 valence electrons. The minimum Gasteiger partial charge on any atom is -0.377 e. The summed E-state index contributed by atoms with van der Waals surface area (Å²) in [4.78, 5) is 29.7. The molecule has 1 atom stereocenters. The molecule has 69 heavy (non-hydrogen) atoms. The van der Waals surface area contributed by atoms with Gasteiger partial charge in [0.15, 0.2) is 12.4 Å². The first kappa shape index (κ1) is 52.5. The summed E-state index contributed by atoms with van der Waals surface area (Å²) in [5, 5.41) is 10.6. The van der Waals surface area contributed by atoms with Crippen molar-refractivity contribution in [3.8, 4) is 0 Å². The molecule has 0 saturated carbocycles. The molecule has 5 aromatic rings. The first-order valence-corrected chi connectivity index (χ1v) is 26.7. The van der Waals surface area contributed by atoms with E-state index in [0.717, 1.165) is 125 Å². The highest BCUT2D eigenvalue weighted by Gasteiger charge is 2.18. The maximum absolute atomic E-state index is 11.9. The zero-order valence-corrected chi connectivity index (χ0v) is 44.0. The predicted molar refractivity (Wildman–Crippen MR) is 296 cm³/mol. The zero-order chi connectivity index (χ0) is 49.3. The summed E-state index contributed by atoms with van der Waals surface area (Å²) in [6.07, 6.45) is 21.3. The van der Waals surface area contributed by atoms with Crippen molar-refractivity contribution in [2.45, 2.75) is 52.6 Å². The molecule has 0 bridgehead atoms. The highest BCUT2D eigenvalue weighted by Crippen LogP contribution is 2.29. The lowest BCUT2D eigenvalue weighted by molar-refractivity contribution is -0.888. The van der Waals surface area contributed by atoms with Crippen molar-refractivity contribution in [3.63, 3.8) is 0 Å². The number of fused-ring (bicyclic) bond motifs is 2. The standard InChI is InChI=1S/C57H71N8O2S2/c1-44(66)58-48-30-35-63(50(42-48)26-22-46-24-28-56(60(3)4)54-20-12-10-18-52(46)54)33-15-14-32-62(7)37-40-68-69-41-39-65(8,9)38-17-16-34-64-36-31-49(59-45(2)67)43-51(64)27-23-47-25-29-57(61(5)6)55-21-13-11-19-53(47)55/h10-12,18-20,22-31,35-36,42-43H,14-17,32-34,37-41H2,1-9H3/q+1/p+3/b26-22+,27-23+. The molecule has 10 nitrogen and oxygen atoms in total. The van der Waals surface area contributed by atoms with E-state index < -0.39 is 0 Å². The lowest BCUT2D eigenvalue weighted by Gasteiger charge is -2.29. The van der Waals surface area contributed by atoms with E-state index in [0.29, 0.717) is 0 Å². The van der Waals surface area contributed by atoms with E-state index >= 15 is 0 Å². The molecule has 2 aromatic heterocycles. The van der Waals surface area contributed by atoms with E-state index in [1.807, 2.05) is 39.8 Å². The van der Waals surface area contributed by atoms with Crippen molar-refractivity contribution in [3.05, 3.63) is 130 Å². The number of nitrogens with one attached hydrogen (secondary N) is 3. The number of aryl methyl sites for hydroxylation is 2. The van der Waals surface area contributed by atoms with Crippen LogP contribution >= 0.6 is 21.6 Å². The number of anilines is 4. The number of carbonyl (C=O) groups excluding carboxylic acids is 2. The Morgan fingerprint density at radius 1 is 0.681 bits per heavy atom. The van der Waals surface area contributed by atoms with Gasteiger partial charge in [-0.1, -0.05) is 69.4 Å². The van der Waals surface area contributed by atoms with E-state index in [1.54, 1.807) is 18.7 Å². The third-order valence-corrected chi connectivity index (χ3v) is 14.9. The minimum absolute atomic E-state index is 0.0696. The number of amides is 2. The van der Waals surface area contributed by atoms with Crippen LogP contribution in [0.15, 0.2) is 97.0 Å². The number of quaternary nitrogens is 2. The van der Waals surface area contributed by atoms with E-state index in [9.17, 15) is 9.59 Å². The maximum Gasteiger partial charge on any atom is 0.221 e. The number of benzene rings is 3. The van der Waals surface area contributed by atoms with E-state index in [1.165, 1.54) is 22.0 Å². The first-order chi connectivity index (χ1) is 33.2. The molecule has 0 fully saturated rings. The van der Waals surface area contributed by atoms with Gasteiger partial charge < -0.3 is 29.8 Å². The number of pyridine rings is 2. The lowest BCUT2D eigenvalue weighted by Crippen LogP contribution is -3.09. The number of allylic oxidation sites excluding steroid dienone is 1. The Bertz CT molecular complexity index is 2860. The molecule has 2 amide bonds. The Hall–Kier alpha value is -5.84. The quantitative estimate of drug-likeness (QED) is 0.0194. The average molecular weight is 967 g/mol. The van der Waals surface area contributed by atoms with Crippen molar-refractivity contribution in [2.24, 2.45) is 0 Å². The van der Waals surface area contributed by atoms with Gasteiger partial charge in [-0.25, -0.2) is 0 Å². The lowest BCUT2D eigenvalue weighted by atomic mass is 10.0. The summed E-state index contributed by atoms with van der Waals surface area (Å²) in [5.41, 5.74) is 14.8. The van der Waals surface area contributed by atoms with Crippen molar-refractivity contribution in [1.82, 2.24) is 0 Å². The second-order valence-electron chi connectivity index (χ2n) is 19.1. The number of carbonyl (C=O) groups is 2. The summed E-state index contributed by atoms with van der Waals surface area (Å²) in [5.74, 6) is 2.13. The molecular formula is C57H74N8O2S2+4. The number of nitrogens with zero attached hydrogens (tertiary/aromatic N) is 5. The first-order valence-electron chi connectivity index (χ1n) is 24.2. The number of rotatable bonds is 25. The summed E-state index contributed by atoms with van der Waals surface area (Å²) in [6, 6.07) is 25.3. The van der Waals surface area contributed by atoms with Crippen molar-refractivity contribution in [2.75, 3.05) is 107 Å². The molecule has 6 rings (SSSR count). The molecule has 1 aliphatic rings. The molecule has 12 heteroatoms. The van der Waals surface area contributed by atoms with Gasteiger partial charge in [-0.05, 0) is 52.9 Å². The molecule has 1 aliphatic carbocycles. The molecular weight excluding hydrogens is 893 g/mol. The second kappa shape index (κ2) is 25.7. The Morgan fingerprint density at radius 3 is 1.90 bits per heavy atom. The van der Waals surface area contributed by atoms with Crippen molar-refractivity contribution >= 4 is 103 Å². The van der Waals surface area contributed by atoms with Gasteiger partial charge in [0.1, 0.15) is 13.1 Å². The monoisotopic (exact) mass is 967 g/mol. The van der Waals surface area contributed by atoms with Crippen LogP contribution in [0.3, 0.4) is 0 Å². The van der Waals surface area contributed by atoms with Crippen LogP contribution in [-0.2, 0) is 22.7 Å². The molecule has 0 aliphatic heterocycles. The fourth-order valence-corrected chi connectivity index (χ4v) is 11.0. The maximum atomic E-state index is 11.9. The van der Waals surface area contributed by atoms with E-state index in [4.69, 9.17) is 0 Å². The van der Waals surface area contributed by atoms with Crippen LogP contribution in [0.2, 0.25) is 0 Å². The molecule has 1 unspecified atom stereocenters. The van der Waals surface area contributed by atoms with Gasteiger partial charge >= 0.3 is 0 Å². The topological polar surface area (TPSA) is 76.9 Å². The average Bonchev–Trinajstić information content (AvgIpc) is 3.31. The van der Waals surface area contributed by atoms with Gasteiger partial charge in [-0.15, -0.1) is 0 Å². The van der Waals surface area contributed by atoms with Crippen molar-refractivity contribution < 1.29 is 28.1 Å². The predicted octanol–water partition coefficient (Wildman–Crippen LogP) is 6.92. The van der Waals surface area contributed by atoms with E-state index in [-0.39, 0.29) is 11.8 Å². The van der Waals surface area contributed by atoms with E-state index in [2.05, 4.69) is 194 Å². The van der Waals surface area contributed by atoms with Gasteiger partial charge in [0, 0.05) is 120 Å². The highest BCUT2D eigenvalue weighted by molar-refractivity contribution is 8.76. The molecule has 0 saturated heterocycles. The molecule has 3 N–H and O–H groups in total. The van der Waals surface area contributed by atoms with Gasteiger partial charge in [0.25, 0.3) is 0 Å². The van der Waals surface area contributed by atoms with Crippen LogP contribution in [0.4, 0.5) is 22.7 Å². The fraction of sp³-hybridized carbons (Fsp3) is 0.368. The number of hydrogen-bond acceptors (Lipinski definition) is 6. The summed E-state index contributed by atoms with van der Waals surface area (Å²) in [7, 11) is 19.3. The van der Waals surface area contributed by atoms with Gasteiger partial charge in [0.05, 0.1) is 81.1 Å². The Morgan fingerprint density at radius 2 is 1.26 bits per heavy atom. The molecule has 0 spiro atoms. The SMILES string of the molecule is CC(=O)Nc1cc[n+](CCCC[NH+](C)CCSSCC[N+](C)(C)CCCC[n+]2ccc(NC(C)=O)cc2/C=C/c2ccc(N(C)C)c3c2=CC=C=C=3)c(/C=C/c2ccc(N(C)C)c3ccccc23)c1. The van der Waals surface area contributed by atoms with Crippen LogP contribution in [0.1, 0.15) is 62.0 Å². The third-order valence-electron chi connectivity index (χ3n) is 12.5. The molecule has 2 heterocycles. The fourth-order valence-electron chi connectivity index (χ4n) is 8.62. The van der Waals surface area contributed by atoms with Gasteiger partial charge in [0.2, 0.25) is 23.2 Å². The summed E-state index contributed by atoms with van der Waals surface area (Å²) < 4.78 is 5.60. The number of hydrogen-bond donors (Lipinski definition) is 3. The minimum atomic E-state index is -0.0767. The Kier molecular flexibility index (Phi) is 19.5. The van der Waals surface area contributed by atoms with Crippen LogP contribution in [0, 0.1) is 0 Å². The third kappa shape index (κ3) is 15.8. The summed E-state index contributed by atoms with van der Waals surface area (Å²) >= 11 is 0. The highest BCUT2D eigenvalue weighted by atomic mass is 33.1. The largest absolute Gasteiger partial charge is 0.377 e. The van der Waals surface area contributed by atoms with Crippen LogP contribution in [0.25, 0.3) is 46.9 Å². The van der Waals surface area contributed by atoms with Gasteiger partial charge in [-0.2, -0.15) is 9.13 Å². The normalized spacial score (nSPS) is 12.5. The Labute approximate surface area is 419 Å². The molecule has 3 aromatic carbocycles. The van der Waals surface area contributed by atoms with Gasteiger partial charge in [-0.3, -0.25) is 9.59 Å². The second-order valence-corrected chi connectivity index (χ2v) is 21.8. The smallest absolute Gasteiger partial charge is 0.221 e. The summed E-state index contributed by atoms with van der Waals surface area (Å²) in [6.45, 7) is 9.48. The Balaban J connectivity index is 0.913.